The van der Waals surface area contributed by atoms with E-state index < -0.39 is 17.9 Å². The molecular weight excluding hydrogens is 368 g/mol. The molecule has 0 bridgehead atoms. The van der Waals surface area contributed by atoms with Crippen LogP contribution in [0.15, 0.2) is 27.2 Å². The number of carbonyl (C=O) groups excluding carboxylic acids is 1. The van der Waals surface area contributed by atoms with Crippen LogP contribution in [0.3, 0.4) is 0 Å². The lowest BCUT2D eigenvalue weighted by Crippen LogP contribution is -2.34. The van der Waals surface area contributed by atoms with Crippen LogP contribution in [0, 0.1) is 13.8 Å². The maximum absolute atomic E-state index is 12.3. The highest BCUT2D eigenvalue weighted by Gasteiger charge is 2.26. The molecule has 1 atom stereocenters. The van der Waals surface area contributed by atoms with Crippen molar-refractivity contribution in [3.05, 3.63) is 45.3 Å². The van der Waals surface area contributed by atoms with Gasteiger partial charge in [0.1, 0.15) is 17.1 Å². The van der Waals surface area contributed by atoms with Crippen LogP contribution in [0.2, 0.25) is 0 Å². The normalized spacial score (nSPS) is 11.8. The average molecular weight is 383 g/mol. The van der Waals surface area contributed by atoms with Crippen LogP contribution < -0.4 is 10.1 Å². The summed E-state index contributed by atoms with van der Waals surface area (Å²) < 4.78 is 10.6. The number of halogens is 1. The second-order valence-corrected chi connectivity index (χ2v) is 5.69. The largest absolute Gasteiger partial charge is 0.496 e. The molecular formula is C15H15BrN2O5. The molecule has 2 rings (SSSR count). The first-order valence-corrected chi connectivity index (χ1v) is 7.44. The molecule has 0 aliphatic heterocycles. The lowest BCUT2D eigenvalue weighted by Gasteiger charge is -2.16. The summed E-state index contributed by atoms with van der Waals surface area (Å²) in [4.78, 5) is 23.9. The van der Waals surface area contributed by atoms with Gasteiger partial charge in [0.25, 0.3) is 5.91 Å². The van der Waals surface area contributed by atoms with Crippen LogP contribution in [0.5, 0.6) is 5.75 Å². The number of rotatable bonds is 5. The predicted octanol–water partition coefficient (Wildman–Crippen LogP) is 2.62. The fraction of sp³-hybridized carbons (Fsp3) is 0.267. The molecule has 0 fully saturated rings. The monoisotopic (exact) mass is 382 g/mol. The van der Waals surface area contributed by atoms with Crippen LogP contribution in [0.25, 0.3) is 0 Å². The van der Waals surface area contributed by atoms with Gasteiger partial charge in [0.2, 0.25) is 0 Å². The van der Waals surface area contributed by atoms with E-state index in [1.165, 1.54) is 7.11 Å². The number of aryl methyl sites for hydroxylation is 2. The molecule has 0 spiro atoms. The Morgan fingerprint density at radius 1 is 1.39 bits per heavy atom. The van der Waals surface area contributed by atoms with Crippen molar-refractivity contribution in [3.8, 4) is 5.75 Å². The van der Waals surface area contributed by atoms with Gasteiger partial charge in [-0.3, -0.25) is 4.79 Å². The van der Waals surface area contributed by atoms with Crippen molar-refractivity contribution in [2.75, 3.05) is 7.11 Å². The second kappa shape index (κ2) is 6.82. The van der Waals surface area contributed by atoms with Crippen LogP contribution in [0.1, 0.15) is 33.4 Å². The Morgan fingerprint density at radius 2 is 2.09 bits per heavy atom. The van der Waals surface area contributed by atoms with Crippen molar-refractivity contribution in [2.45, 2.75) is 19.9 Å². The summed E-state index contributed by atoms with van der Waals surface area (Å²) in [5.41, 5.74) is 1.05. The third-order valence-corrected chi connectivity index (χ3v) is 3.91. The lowest BCUT2D eigenvalue weighted by atomic mass is 10.1. The third-order valence-electron chi connectivity index (χ3n) is 3.29. The smallest absolute Gasteiger partial charge is 0.330 e. The van der Waals surface area contributed by atoms with Crippen LogP contribution in [-0.4, -0.2) is 29.2 Å². The lowest BCUT2D eigenvalue weighted by molar-refractivity contribution is -0.139. The van der Waals surface area contributed by atoms with Crippen molar-refractivity contribution in [3.63, 3.8) is 0 Å². The molecule has 1 heterocycles. The molecule has 2 N–H and O–H groups in total. The fourth-order valence-corrected chi connectivity index (χ4v) is 2.72. The number of hydrogen-bond donors (Lipinski definition) is 2. The highest BCUT2D eigenvalue weighted by molar-refractivity contribution is 9.10. The molecule has 8 heteroatoms. The van der Waals surface area contributed by atoms with Gasteiger partial charge < -0.3 is 19.7 Å². The topological polar surface area (TPSA) is 102 Å². The zero-order valence-electron chi connectivity index (χ0n) is 12.7. The first kappa shape index (κ1) is 17.0. The van der Waals surface area contributed by atoms with E-state index in [0.717, 1.165) is 0 Å². The molecule has 1 amide bonds. The van der Waals surface area contributed by atoms with Gasteiger partial charge in [0.15, 0.2) is 6.04 Å². The standard InChI is InChI=1S/C15H15BrN2O5/c1-7-12(8(2)23-18-7)14(19)17-13(15(20)21)9-4-5-11(22-3)10(16)6-9/h4-6,13H,1-3H3,(H,17,19)(H,20,21). The Labute approximate surface area is 140 Å². The number of methoxy groups -OCH3 is 1. The highest BCUT2D eigenvalue weighted by atomic mass is 79.9. The first-order valence-electron chi connectivity index (χ1n) is 6.65. The number of amides is 1. The number of aliphatic carboxylic acids is 1. The van der Waals surface area contributed by atoms with Crippen LogP contribution >= 0.6 is 15.9 Å². The molecule has 23 heavy (non-hydrogen) atoms. The Bertz CT molecular complexity index is 737. The summed E-state index contributed by atoms with van der Waals surface area (Å²) in [5.74, 6) is -0.835. The molecule has 0 saturated carbocycles. The van der Waals surface area contributed by atoms with Gasteiger partial charge in [-0.2, -0.15) is 0 Å². The number of nitrogens with one attached hydrogen (secondary N) is 1. The second-order valence-electron chi connectivity index (χ2n) is 4.84. The number of carbonyl (C=O) groups is 2. The van der Waals surface area contributed by atoms with Crippen LogP contribution in [-0.2, 0) is 4.79 Å². The minimum absolute atomic E-state index is 0.240. The number of benzene rings is 1. The molecule has 1 aromatic carbocycles. The van der Waals surface area contributed by atoms with Crippen molar-refractivity contribution in [1.29, 1.82) is 0 Å². The molecule has 122 valence electrons. The number of carboxylic acid groups (broad SMARTS) is 1. The summed E-state index contributed by atoms with van der Waals surface area (Å²) >= 11 is 3.30. The molecule has 2 aromatic rings. The molecule has 0 aliphatic carbocycles. The number of hydrogen-bond acceptors (Lipinski definition) is 5. The van der Waals surface area contributed by atoms with E-state index in [9.17, 15) is 14.7 Å². The summed E-state index contributed by atoms with van der Waals surface area (Å²) in [7, 11) is 1.51. The van der Waals surface area contributed by atoms with Gasteiger partial charge in [0.05, 0.1) is 17.3 Å². The number of nitrogens with zero attached hydrogens (tertiary/aromatic N) is 1. The molecule has 0 aliphatic rings. The minimum atomic E-state index is -1.21. The SMILES string of the molecule is COc1ccc(C(NC(=O)c2c(C)noc2C)C(=O)O)cc1Br. The summed E-state index contributed by atoms with van der Waals surface area (Å²) in [6.07, 6.45) is 0. The quantitative estimate of drug-likeness (QED) is 0.823. The average Bonchev–Trinajstić information content (AvgIpc) is 2.83. The predicted molar refractivity (Wildman–Crippen MR) is 84.5 cm³/mol. The maximum Gasteiger partial charge on any atom is 0.330 e. The summed E-state index contributed by atoms with van der Waals surface area (Å²) in [5, 5.41) is 15.6. The Kier molecular flexibility index (Phi) is 5.05. The zero-order valence-corrected chi connectivity index (χ0v) is 14.3. The van der Waals surface area contributed by atoms with E-state index in [-0.39, 0.29) is 5.56 Å². The number of carboxylic acids is 1. The summed E-state index contributed by atoms with van der Waals surface area (Å²) in [6, 6.07) is 3.58. The van der Waals surface area contributed by atoms with E-state index in [1.807, 2.05) is 0 Å². The molecule has 1 unspecified atom stereocenters. The Hall–Kier alpha value is -2.35. The Balaban J connectivity index is 2.31. The van der Waals surface area contributed by atoms with E-state index in [1.54, 1.807) is 32.0 Å². The van der Waals surface area contributed by atoms with Gasteiger partial charge >= 0.3 is 5.97 Å². The van der Waals surface area contributed by atoms with Crippen LogP contribution in [0.4, 0.5) is 0 Å². The highest BCUT2D eigenvalue weighted by Crippen LogP contribution is 2.28. The van der Waals surface area contributed by atoms with Gasteiger partial charge in [-0.15, -0.1) is 0 Å². The minimum Gasteiger partial charge on any atom is -0.496 e. The van der Waals surface area contributed by atoms with E-state index >= 15 is 0 Å². The van der Waals surface area contributed by atoms with Gasteiger partial charge in [0, 0.05) is 0 Å². The van der Waals surface area contributed by atoms with Crippen molar-refractivity contribution in [1.82, 2.24) is 10.5 Å². The fourth-order valence-electron chi connectivity index (χ4n) is 2.16. The van der Waals surface area contributed by atoms with Crippen molar-refractivity contribution in [2.24, 2.45) is 0 Å². The van der Waals surface area contributed by atoms with Gasteiger partial charge in [-0.25, -0.2) is 4.79 Å². The van der Waals surface area contributed by atoms with Crippen molar-refractivity contribution < 1.29 is 24.0 Å². The Morgan fingerprint density at radius 3 is 2.57 bits per heavy atom. The van der Waals surface area contributed by atoms with E-state index in [4.69, 9.17) is 9.26 Å². The molecule has 0 radical (unpaired) electrons. The number of aromatic nitrogens is 1. The molecule has 0 saturated heterocycles. The summed E-state index contributed by atoms with van der Waals surface area (Å²) in [6.45, 7) is 3.21. The molecule has 7 nitrogen and oxygen atoms in total. The third kappa shape index (κ3) is 3.53. The first-order chi connectivity index (χ1) is 10.8. The zero-order chi connectivity index (χ0) is 17.1. The van der Waals surface area contributed by atoms with Gasteiger partial charge in [-0.1, -0.05) is 11.2 Å². The van der Waals surface area contributed by atoms with E-state index in [2.05, 4.69) is 26.4 Å². The number of ether oxygens (including phenoxy) is 1. The maximum atomic E-state index is 12.3. The van der Waals surface area contributed by atoms with Crippen molar-refractivity contribution >= 4 is 27.8 Å². The molecule has 1 aromatic heterocycles. The van der Waals surface area contributed by atoms with E-state index in [0.29, 0.717) is 27.2 Å². The van der Waals surface area contributed by atoms with Gasteiger partial charge in [-0.05, 0) is 47.5 Å².